The molecule has 1 atom stereocenters. The lowest BCUT2D eigenvalue weighted by Crippen LogP contribution is -2.49. The Labute approximate surface area is 108 Å². The number of amides is 3. The number of urea groups is 1. The number of imide groups is 1. The zero-order valence-corrected chi connectivity index (χ0v) is 11.3. The van der Waals surface area contributed by atoms with Crippen LogP contribution >= 0.6 is 0 Å². The standard InChI is InChI=1S/C14H22N2O2/c1-14(2)8-5-9-15-11(14)12(17)16(13(15)18)10-6-3-4-7-10/h10-11H,3-9H2,1-2H3. The number of fused-ring (bicyclic) bond motifs is 1. The number of hydrogen-bond donors (Lipinski definition) is 0. The van der Waals surface area contributed by atoms with Crippen molar-refractivity contribution in [2.24, 2.45) is 5.41 Å². The van der Waals surface area contributed by atoms with Crippen LogP contribution in [0.2, 0.25) is 0 Å². The van der Waals surface area contributed by atoms with E-state index in [4.69, 9.17) is 0 Å². The number of piperidine rings is 1. The number of hydrogen-bond acceptors (Lipinski definition) is 2. The number of rotatable bonds is 1. The first-order chi connectivity index (χ1) is 8.52. The molecule has 0 aromatic heterocycles. The van der Waals surface area contributed by atoms with Gasteiger partial charge in [-0.2, -0.15) is 0 Å². The smallest absolute Gasteiger partial charge is 0.312 e. The van der Waals surface area contributed by atoms with Gasteiger partial charge in [0.1, 0.15) is 6.04 Å². The van der Waals surface area contributed by atoms with Crippen LogP contribution in [0, 0.1) is 5.41 Å². The summed E-state index contributed by atoms with van der Waals surface area (Å²) in [7, 11) is 0. The van der Waals surface area contributed by atoms with E-state index in [9.17, 15) is 9.59 Å². The van der Waals surface area contributed by atoms with E-state index in [0.29, 0.717) is 0 Å². The van der Waals surface area contributed by atoms with Gasteiger partial charge in [0.25, 0.3) is 5.91 Å². The SMILES string of the molecule is CC1(C)CCCN2C(=O)N(C3CCCC3)C(=O)C21. The summed E-state index contributed by atoms with van der Waals surface area (Å²) in [4.78, 5) is 28.5. The Morgan fingerprint density at radius 2 is 1.78 bits per heavy atom. The molecule has 0 radical (unpaired) electrons. The maximum absolute atomic E-state index is 12.6. The lowest BCUT2D eigenvalue weighted by atomic mass is 9.77. The van der Waals surface area contributed by atoms with Gasteiger partial charge in [0, 0.05) is 12.6 Å². The second kappa shape index (κ2) is 3.97. The van der Waals surface area contributed by atoms with Gasteiger partial charge in [0.2, 0.25) is 0 Å². The second-order valence-electron chi connectivity index (χ2n) is 6.62. The maximum Gasteiger partial charge on any atom is 0.327 e. The highest BCUT2D eigenvalue weighted by molar-refractivity contribution is 6.05. The van der Waals surface area contributed by atoms with Gasteiger partial charge in [-0.1, -0.05) is 26.7 Å². The highest BCUT2D eigenvalue weighted by Gasteiger charge is 2.55. The summed E-state index contributed by atoms with van der Waals surface area (Å²) in [6, 6.07) is -0.0598. The normalized spacial score (nSPS) is 32.2. The molecule has 3 fully saturated rings. The van der Waals surface area contributed by atoms with Gasteiger partial charge in [-0.3, -0.25) is 9.69 Å². The fraction of sp³-hybridized carbons (Fsp3) is 0.857. The van der Waals surface area contributed by atoms with E-state index < -0.39 is 0 Å². The van der Waals surface area contributed by atoms with E-state index in [1.165, 1.54) is 0 Å². The van der Waals surface area contributed by atoms with Gasteiger partial charge < -0.3 is 4.90 Å². The summed E-state index contributed by atoms with van der Waals surface area (Å²) in [5.74, 6) is 0.0663. The van der Waals surface area contributed by atoms with Crippen molar-refractivity contribution in [3.8, 4) is 0 Å². The molecule has 1 unspecified atom stereocenters. The van der Waals surface area contributed by atoms with Crippen LogP contribution in [0.3, 0.4) is 0 Å². The van der Waals surface area contributed by atoms with E-state index in [2.05, 4.69) is 13.8 Å². The lowest BCUT2D eigenvalue weighted by molar-refractivity contribution is -0.133. The van der Waals surface area contributed by atoms with Crippen LogP contribution in [-0.2, 0) is 4.79 Å². The molecule has 0 N–H and O–H groups in total. The van der Waals surface area contributed by atoms with Gasteiger partial charge in [0.05, 0.1) is 0 Å². The van der Waals surface area contributed by atoms with Crippen LogP contribution in [0.25, 0.3) is 0 Å². The van der Waals surface area contributed by atoms with Crippen molar-refractivity contribution < 1.29 is 9.59 Å². The summed E-state index contributed by atoms with van der Waals surface area (Å²) in [6.07, 6.45) is 6.34. The number of carbonyl (C=O) groups excluding carboxylic acids is 2. The van der Waals surface area contributed by atoms with Gasteiger partial charge >= 0.3 is 6.03 Å². The molecular formula is C14H22N2O2. The van der Waals surface area contributed by atoms with E-state index in [1.54, 1.807) is 4.90 Å². The van der Waals surface area contributed by atoms with E-state index in [1.807, 2.05) is 4.90 Å². The van der Waals surface area contributed by atoms with E-state index in [0.717, 1.165) is 45.1 Å². The van der Waals surface area contributed by atoms with Crippen molar-refractivity contribution >= 4 is 11.9 Å². The highest BCUT2D eigenvalue weighted by atomic mass is 16.2. The fourth-order valence-electron chi connectivity index (χ4n) is 3.93. The first kappa shape index (κ1) is 12.0. The minimum absolute atomic E-state index is 0.0234. The molecule has 4 nitrogen and oxygen atoms in total. The second-order valence-corrected chi connectivity index (χ2v) is 6.62. The predicted molar refractivity (Wildman–Crippen MR) is 68.0 cm³/mol. The average Bonchev–Trinajstić information content (AvgIpc) is 2.87. The molecular weight excluding hydrogens is 228 g/mol. The van der Waals surface area contributed by atoms with E-state index in [-0.39, 0.29) is 29.4 Å². The lowest BCUT2D eigenvalue weighted by Gasteiger charge is -2.39. The third-order valence-corrected chi connectivity index (χ3v) is 4.89. The minimum atomic E-state index is -0.209. The van der Waals surface area contributed by atoms with Crippen LogP contribution in [0.5, 0.6) is 0 Å². The third-order valence-electron chi connectivity index (χ3n) is 4.89. The molecule has 1 aliphatic carbocycles. The van der Waals surface area contributed by atoms with E-state index >= 15 is 0 Å². The Morgan fingerprint density at radius 1 is 1.11 bits per heavy atom. The molecule has 3 rings (SSSR count). The summed E-state index contributed by atoms with van der Waals surface area (Å²) >= 11 is 0. The van der Waals surface area contributed by atoms with Crippen molar-refractivity contribution in [1.82, 2.24) is 9.80 Å². The summed E-state index contributed by atoms with van der Waals surface area (Å²) in [5.41, 5.74) is -0.0711. The first-order valence-electron chi connectivity index (χ1n) is 7.16. The molecule has 0 aromatic carbocycles. The molecule has 3 amide bonds. The van der Waals surface area contributed by atoms with Crippen LogP contribution in [0.4, 0.5) is 4.79 Å². The summed E-state index contributed by atoms with van der Waals surface area (Å²) < 4.78 is 0. The minimum Gasteiger partial charge on any atom is -0.312 e. The molecule has 2 heterocycles. The molecule has 2 aliphatic heterocycles. The number of nitrogens with zero attached hydrogens (tertiary/aromatic N) is 2. The Hall–Kier alpha value is -1.06. The van der Waals surface area contributed by atoms with Gasteiger partial charge in [-0.05, 0) is 31.1 Å². The summed E-state index contributed by atoms with van der Waals surface area (Å²) in [6.45, 7) is 4.99. The van der Waals surface area contributed by atoms with Crippen molar-refractivity contribution in [2.75, 3.05) is 6.54 Å². The van der Waals surface area contributed by atoms with Gasteiger partial charge in [-0.25, -0.2) is 4.79 Å². The molecule has 0 spiro atoms. The largest absolute Gasteiger partial charge is 0.327 e. The van der Waals surface area contributed by atoms with Crippen molar-refractivity contribution in [3.63, 3.8) is 0 Å². The monoisotopic (exact) mass is 250 g/mol. The molecule has 3 aliphatic rings. The highest BCUT2D eigenvalue weighted by Crippen LogP contribution is 2.41. The average molecular weight is 250 g/mol. The fourth-order valence-corrected chi connectivity index (χ4v) is 3.93. The molecule has 18 heavy (non-hydrogen) atoms. The zero-order valence-electron chi connectivity index (χ0n) is 11.3. The molecule has 100 valence electrons. The zero-order chi connectivity index (χ0) is 12.9. The Bertz CT molecular complexity index is 385. The predicted octanol–water partition coefficient (Wildman–Crippen LogP) is 2.38. The molecule has 4 heteroatoms. The van der Waals surface area contributed by atoms with Crippen LogP contribution in [0.15, 0.2) is 0 Å². The Morgan fingerprint density at radius 3 is 2.39 bits per heavy atom. The third kappa shape index (κ3) is 1.57. The van der Waals surface area contributed by atoms with Crippen molar-refractivity contribution in [1.29, 1.82) is 0 Å². The summed E-state index contributed by atoms with van der Waals surface area (Å²) in [5, 5.41) is 0. The topological polar surface area (TPSA) is 40.6 Å². The molecule has 1 saturated carbocycles. The Balaban J connectivity index is 1.91. The maximum atomic E-state index is 12.6. The van der Waals surface area contributed by atoms with Crippen molar-refractivity contribution in [2.45, 2.75) is 64.5 Å². The van der Waals surface area contributed by atoms with Crippen LogP contribution in [0.1, 0.15) is 52.4 Å². The quantitative estimate of drug-likeness (QED) is 0.670. The van der Waals surface area contributed by atoms with Crippen molar-refractivity contribution in [3.05, 3.63) is 0 Å². The number of carbonyl (C=O) groups is 2. The van der Waals surface area contributed by atoms with Crippen LogP contribution in [-0.4, -0.2) is 40.4 Å². The molecule has 2 saturated heterocycles. The van der Waals surface area contributed by atoms with Gasteiger partial charge in [-0.15, -0.1) is 0 Å². The van der Waals surface area contributed by atoms with Gasteiger partial charge in [0.15, 0.2) is 0 Å². The molecule has 0 bridgehead atoms. The van der Waals surface area contributed by atoms with Crippen LogP contribution < -0.4 is 0 Å². The Kier molecular flexibility index (Phi) is 2.65. The molecule has 0 aromatic rings. The first-order valence-corrected chi connectivity index (χ1v) is 7.16.